The lowest BCUT2D eigenvalue weighted by Crippen LogP contribution is -2.46. The van der Waals surface area contributed by atoms with E-state index in [-0.39, 0.29) is 30.7 Å². The van der Waals surface area contributed by atoms with Crippen LogP contribution in [0.15, 0.2) is 42.7 Å². The van der Waals surface area contributed by atoms with Gasteiger partial charge in [0, 0.05) is 30.5 Å². The molecule has 1 N–H and O–H groups in total. The molecule has 3 rings (SSSR count). The van der Waals surface area contributed by atoms with Crippen molar-refractivity contribution >= 4 is 30.7 Å². The molecule has 5 nitrogen and oxygen atoms in total. The second-order valence-electron chi connectivity index (χ2n) is 6.67. The summed E-state index contributed by atoms with van der Waals surface area (Å²) in [5.74, 6) is 0.899. The molecule has 0 aliphatic carbocycles. The fourth-order valence-corrected chi connectivity index (χ4v) is 3.47. The summed E-state index contributed by atoms with van der Waals surface area (Å²) in [7, 11) is 1.65. The fraction of sp³-hybridized carbons (Fsp3) is 0.429. The summed E-state index contributed by atoms with van der Waals surface area (Å²) in [4.78, 5) is 19.5. The first kappa shape index (κ1) is 24.2. The van der Waals surface area contributed by atoms with Gasteiger partial charge in [-0.25, -0.2) is 0 Å². The van der Waals surface area contributed by atoms with Crippen molar-refractivity contribution in [3.8, 4) is 16.9 Å². The molecule has 28 heavy (non-hydrogen) atoms. The summed E-state index contributed by atoms with van der Waals surface area (Å²) in [5.41, 5.74) is 2.63. The van der Waals surface area contributed by atoms with Crippen molar-refractivity contribution in [3.63, 3.8) is 0 Å². The van der Waals surface area contributed by atoms with E-state index >= 15 is 0 Å². The summed E-state index contributed by atoms with van der Waals surface area (Å²) >= 11 is 0. The minimum atomic E-state index is 0. The van der Waals surface area contributed by atoms with Gasteiger partial charge in [-0.1, -0.05) is 19.1 Å². The van der Waals surface area contributed by atoms with E-state index in [1.54, 1.807) is 19.5 Å². The summed E-state index contributed by atoms with van der Waals surface area (Å²) < 4.78 is 5.21. The number of halogens is 2. The molecular weight excluding hydrogens is 397 g/mol. The van der Waals surface area contributed by atoms with Crippen LogP contribution in [0.1, 0.15) is 36.5 Å². The van der Waals surface area contributed by atoms with Crippen LogP contribution in [0.2, 0.25) is 0 Å². The Labute approximate surface area is 179 Å². The van der Waals surface area contributed by atoms with Gasteiger partial charge >= 0.3 is 0 Å². The van der Waals surface area contributed by atoms with Gasteiger partial charge < -0.3 is 15.0 Å². The number of carbonyl (C=O) groups excluding carboxylic acids is 1. The standard InChI is InChI=1S/C21H27N3O2.2ClH/c1-3-12-24(19-8-10-22-11-9-19)21(25)18-13-17(14-23-15-18)16-4-6-20(26-2)7-5-16;;/h4-7,13-15,19,22H,3,8-12H2,1-2H3;2*1H. The number of benzene rings is 1. The van der Waals surface area contributed by atoms with Crippen molar-refractivity contribution < 1.29 is 9.53 Å². The van der Waals surface area contributed by atoms with Gasteiger partial charge in [-0.2, -0.15) is 0 Å². The Kier molecular flexibility index (Phi) is 10.3. The first-order valence-electron chi connectivity index (χ1n) is 9.34. The number of rotatable bonds is 6. The topological polar surface area (TPSA) is 54.5 Å². The minimum absolute atomic E-state index is 0. The molecule has 0 radical (unpaired) electrons. The van der Waals surface area contributed by atoms with E-state index in [0.29, 0.717) is 11.6 Å². The Morgan fingerprint density at radius 1 is 1.14 bits per heavy atom. The van der Waals surface area contributed by atoms with E-state index in [9.17, 15) is 4.79 Å². The Morgan fingerprint density at radius 2 is 1.82 bits per heavy atom. The van der Waals surface area contributed by atoms with Gasteiger partial charge in [0.05, 0.1) is 12.7 Å². The lowest BCUT2D eigenvalue weighted by Gasteiger charge is -2.34. The third-order valence-electron chi connectivity index (χ3n) is 4.88. The monoisotopic (exact) mass is 425 g/mol. The zero-order chi connectivity index (χ0) is 18.4. The van der Waals surface area contributed by atoms with E-state index in [2.05, 4.69) is 17.2 Å². The molecule has 0 bridgehead atoms. The maximum absolute atomic E-state index is 13.2. The number of aromatic nitrogens is 1. The molecule has 0 saturated carbocycles. The van der Waals surface area contributed by atoms with Crippen LogP contribution in [0.4, 0.5) is 0 Å². The highest BCUT2D eigenvalue weighted by Crippen LogP contribution is 2.24. The summed E-state index contributed by atoms with van der Waals surface area (Å²) in [6.45, 7) is 4.86. The molecule has 1 aromatic carbocycles. The number of methoxy groups -OCH3 is 1. The molecule has 0 atom stereocenters. The molecule has 2 heterocycles. The van der Waals surface area contributed by atoms with Crippen molar-refractivity contribution in [2.24, 2.45) is 0 Å². The zero-order valence-electron chi connectivity index (χ0n) is 16.4. The Morgan fingerprint density at radius 3 is 2.43 bits per heavy atom. The van der Waals surface area contributed by atoms with Gasteiger partial charge in [0.1, 0.15) is 5.75 Å². The van der Waals surface area contributed by atoms with Crippen LogP contribution < -0.4 is 10.1 Å². The van der Waals surface area contributed by atoms with E-state index in [1.807, 2.05) is 35.2 Å². The van der Waals surface area contributed by atoms with Crippen molar-refractivity contribution in [3.05, 3.63) is 48.3 Å². The number of piperidine rings is 1. The molecule has 1 aliphatic rings. The Hall–Kier alpha value is -1.82. The number of hydrogen-bond acceptors (Lipinski definition) is 4. The molecule has 0 unspecified atom stereocenters. The molecule has 2 aromatic rings. The van der Waals surface area contributed by atoms with Gasteiger partial charge in [0.15, 0.2) is 0 Å². The van der Waals surface area contributed by atoms with Crippen LogP contribution >= 0.6 is 24.8 Å². The highest BCUT2D eigenvalue weighted by Gasteiger charge is 2.25. The number of carbonyl (C=O) groups is 1. The predicted octanol–water partition coefficient (Wildman–Crippen LogP) is 4.21. The maximum Gasteiger partial charge on any atom is 0.255 e. The van der Waals surface area contributed by atoms with Crippen LogP contribution in [-0.2, 0) is 0 Å². The Bertz CT molecular complexity index is 735. The lowest BCUT2D eigenvalue weighted by atomic mass is 10.0. The van der Waals surface area contributed by atoms with Crippen molar-refractivity contribution in [1.29, 1.82) is 0 Å². The Balaban J connectivity index is 0.00000196. The zero-order valence-corrected chi connectivity index (χ0v) is 18.0. The van der Waals surface area contributed by atoms with Gasteiger partial charge in [-0.15, -0.1) is 24.8 Å². The van der Waals surface area contributed by atoms with Crippen LogP contribution in [0.3, 0.4) is 0 Å². The molecule has 7 heteroatoms. The molecule has 1 aromatic heterocycles. The second kappa shape index (κ2) is 11.9. The van der Waals surface area contributed by atoms with Gasteiger partial charge in [0.2, 0.25) is 0 Å². The van der Waals surface area contributed by atoms with Crippen molar-refractivity contribution in [2.45, 2.75) is 32.2 Å². The number of nitrogens with one attached hydrogen (secondary N) is 1. The molecule has 1 fully saturated rings. The van der Waals surface area contributed by atoms with Crippen LogP contribution in [0.5, 0.6) is 5.75 Å². The van der Waals surface area contributed by atoms with Crippen LogP contribution in [0.25, 0.3) is 11.1 Å². The number of ether oxygens (including phenoxy) is 1. The third-order valence-corrected chi connectivity index (χ3v) is 4.88. The number of pyridine rings is 1. The van der Waals surface area contributed by atoms with Crippen LogP contribution in [0, 0.1) is 0 Å². The summed E-state index contributed by atoms with van der Waals surface area (Å²) in [6.07, 6.45) is 6.46. The van der Waals surface area contributed by atoms with Crippen LogP contribution in [-0.4, -0.2) is 48.6 Å². The third kappa shape index (κ3) is 5.84. The minimum Gasteiger partial charge on any atom is -0.497 e. The average molecular weight is 426 g/mol. The van der Waals surface area contributed by atoms with E-state index in [4.69, 9.17) is 4.74 Å². The molecule has 1 saturated heterocycles. The van der Waals surface area contributed by atoms with Crippen molar-refractivity contribution in [1.82, 2.24) is 15.2 Å². The number of amides is 1. The maximum atomic E-state index is 13.2. The molecule has 1 amide bonds. The fourth-order valence-electron chi connectivity index (χ4n) is 3.47. The van der Waals surface area contributed by atoms with E-state index in [1.165, 1.54) is 0 Å². The van der Waals surface area contributed by atoms with Gasteiger partial charge in [-0.3, -0.25) is 9.78 Å². The average Bonchev–Trinajstić information content (AvgIpc) is 2.72. The first-order chi connectivity index (χ1) is 12.7. The summed E-state index contributed by atoms with van der Waals surface area (Å²) in [5, 5.41) is 3.37. The van der Waals surface area contributed by atoms with Crippen molar-refractivity contribution in [2.75, 3.05) is 26.7 Å². The molecule has 0 spiro atoms. The highest BCUT2D eigenvalue weighted by atomic mass is 35.5. The molecule has 1 aliphatic heterocycles. The largest absolute Gasteiger partial charge is 0.497 e. The molecule has 154 valence electrons. The van der Waals surface area contributed by atoms with Gasteiger partial charge in [-0.05, 0) is 56.1 Å². The van der Waals surface area contributed by atoms with Gasteiger partial charge in [0.25, 0.3) is 5.91 Å². The normalized spacial score (nSPS) is 13.8. The second-order valence-corrected chi connectivity index (χ2v) is 6.67. The first-order valence-corrected chi connectivity index (χ1v) is 9.34. The quantitative estimate of drug-likeness (QED) is 0.752. The van der Waals surface area contributed by atoms with E-state index < -0.39 is 0 Å². The highest BCUT2D eigenvalue weighted by molar-refractivity contribution is 5.95. The number of nitrogens with zero attached hydrogens (tertiary/aromatic N) is 2. The smallest absolute Gasteiger partial charge is 0.255 e. The van der Waals surface area contributed by atoms with E-state index in [0.717, 1.165) is 55.8 Å². The lowest BCUT2D eigenvalue weighted by molar-refractivity contribution is 0.0642. The summed E-state index contributed by atoms with van der Waals surface area (Å²) in [6, 6.07) is 10.1. The molecular formula is C21H29Cl2N3O2. The predicted molar refractivity (Wildman–Crippen MR) is 118 cm³/mol. The SMILES string of the molecule is CCCN(C(=O)c1cncc(-c2ccc(OC)cc2)c1)C1CCNCC1.Cl.Cl. The number of hydrogen-bond donors (Lipinski definition) is 1.